The van der Waals surface area contributed by atoms with Crippen LogP contribution in [0.15, 0.2) is 12.3 Å². The number of nitrogens with one attached hydrogen (secondary N) is 1. The largest absolute Gasteiger partial charge is 0.316 e. The van der Waals surface area contributed by atoms with Crippen molar-refractivity contribution in [2.24, 2.45) is 5.41 Å². The molecular weight excluding hydrogens is 250 g/mol. The molecule has 0 radical (unpaired) electrons. The predicted octanol–water partition coefficient (Wildman–Crippen LogP) is 2.50. The molecule has 0 spiro atoms. The van der Waals surface area contributed by atoms with Gasteiger partial charge in [0, 0.05) is 18.2 Å². The van der Waals surface area contributed by atoms with Crippen molar-refractivity contribution in [1.29, 1.82) is 0 Å². The second-order valence-electron chi connectivity index (χ2n) is 6.67. The zero-order valence-corrected chi connectivity index (χ0v) is 12.4. The number of carbonyl (C=O) groups is 1. The van der Waals surface area contributed by atoms with Gasteiger partial charge in [0.15, 0.2) is 0 Å². The summed E-state index contributed by atoms with van der Waals surface area (Å²) in [6.07, 6.45) is 9.94. The molecule has 2 fully saturated rings. The van der Waals surface area contributed by atoms with Gasteiger partial charge in [-0.2, -0.15) is 5.10 Å². The van der Waals surface area contributed by atoms with Crippen LogP contribution in [0.25, 0.3) is 0 Å². The molecule has 1 aromatic heterocycles. The molecule has 0 amide bonds. The van der Waals surface area contributed by atoms with Gasteiger partial charge in [-0.15, -0.1) is 0 Å². The fraction of sp³-hybridized carbons (Fsp3) is 0.750. The first kappa shape index (κ1) is 13.8. The Hall–Kier alpha value is -1.16. The third kappa shape index (κ3) is 2.80. The van der Waals surface area contributed by atoms with Crippen LogP contribution in [-0.4, -0.2) is 28.7 Å². The van der Waals surface area contributed by atoms with Gasteiger partial charge in [0.25, 0.3) is 0 Å². The summed E-state index contributed by atoms with van der Waals surface area (Å²) in [5.74, 6) is 0.330. The molecule has 20 heavy (non-hydrogen) atoms. The van der Waals surface area contributed by atoms with E-state index in [2.05, 4.69) is 28.2 Å². The molecule has 0 bridgehead atoms. The molecule has 0 aromatic carbocycles. The minimum absolute atomic E-state index is 0.186. The number of hydrogen-bond acceptors (Lipinski definition) is 3. The highest BCUT2D eigenvalue weighted by atomic mass is 16.1. The van der Waals surface area contributed by atoms with Gasteiger partial charge in [0.05, 0.1) is 18.2 Å². The van der Waals surface area contributed by atoms with Crippen molar-refractivity contribution in [3.05, 3.63) is 18.0 Å². The minimum Gasteiger partial charge on any atom is -0.316 e. The van der Waals surface area contributed by atoms with Gasteiger partial charge >= 0.3 is 0 Å². The van der Waals surface area contributed by atoms with Gasteiger partial charge < -0.3 is 5.32 Å². The first-order chi connectivity index (χ1) is 9.67. The normalized spacial score (nSPS) is 27.9. The van der Waals surface area contributed by atoms with E-state index in [1.54, 1.807) is 0 Å². The second-order valence-corrected chi connectivity index (χ2v) is 6.67. The molecular formula is C16H25N3O. The van der Waals surface area contributed by atoms with Gasteiger partial charge in [-0.05, 0) is 31.9 Å². The average molecular weight is 275 g/mol. The Kier molecular flexibility index (Phi) is 3.92. The number of rotatable bonds is 4. The molecule has 4 heteroatoms. The standard InChI is InChI=1S/C16H25N3O/c1-16(8-9-17-12-16)15(20)11-13-7-10-19(18-13)14-5-3-2-4-6-14/h7,10,14,17H,2-6,8-9,11-12H2,1H3. The molecule has 3 rings (SSSR count). The molecule has 1 saturated heterocycles. The summed E-state index contributed by atoms with van der Waals surface area (Å²) in [6.45, 7) is 3.85. The molecule has 1 saturated carbocycles. The fourth-order valence-electron chi connectivity index (χ4n) is 3.45. The Labute approximate surface area is 120 Å². The monoisotopic (exact) mass is 275 g/mol. The molecule has 2 heterocycles. The summed E-state index contributed by atoms with van der Waals surface area (Å²) in [5, 5.41) is 7.94. The smallest absolute Gasteiger partial charge is 0.146 e. The van der Waals surface area contributed by atoms with Crippen LogP contribution in [0.4, 0.5) is 0 Å². The Morgan fingerprint density at radius 1 is 1.45 bits per heavy atom. The third-order valence-corrected chi connectivity index (χ3v) is 5.00. The summed E-state index contributed by atoms with van der Waals surface area (Å²) in [7, 11) is 0. The lowest BCUT2D eigenvalue weighted by atomic mass is 9.83. The quantitative estimate of drug-likeness (QED) is 0.918. The van der Waals surface area contributed by atoms with Crippen molar-refractivity contribution in [1.82, 2.24) is 15.1 Å². The average Bonchev–Trinajstić information content (AvgIpc) is 3.10. The third-order valence-electron chi connectivity index (χ3n) is 5.00. The summed E-state index contributed by atoms with van der Waals surface area (Å²) in [5.41, 5.74) is 0.753. The molecule has 1 N–H and O–H groups in total. The van der Waals surface area contributed by atoms with Crippen molar-refractivity contribution in [2.75, 3.05) is 13.1 Å². The van der Waals surface area contributed by atoms with Gasteiger partial charge in [0.1, 0.15) is 5.78 Å². The van der Waals surface area contributed by atoms with E-state index >= 15 is 0 Å². The summed E-state index contributed by atoms with van der Waals surface area (Å²) in [6, 6.07) is 2.58. The first-order valence-electron chi connectivity index (χ1n) is 7.95. The van der Waals surface area contributed by atoms with E-state index in [0.29, 0.717) is 18.2 Å². The molecule has 1 atom stereocenters. The highest BCUT2D eigenvalue weighted by Gasteiger charge is 2.36. The minimum atomic E-state index is -0.186. The van der Waals surface area contributed by atoms with Crippen molar-refractivity contribution >= 4 is 5.78 Å². The van der Waals surface area contributed by atoms with Crippen LogP contribution >= 0.6 is 0 Å². The maximum Gasteiger partial charge on any atom is 0.146 e. The molecule has 1 aliphatic heterocycles. The Morgan fingerprint density at radius 3 is 2.95 bits per heavy atom. The van der Waals surface area contributed by atoms with Crippen LogP contribution in [0.1, 0.15) is 57.2 Å². The lowest BCUT2D eigenvalue weighted by Gasteiger charge is -2.22. The van der Waals surface area contributed by atoms with E-state index in [9.17, 15) is 4.79 Å². The zero-order chi connectivity index (χ0) is 14.0. The number of aromatic nitrogens is 2. The van der Waals surface area contributed by atoms with Gasteiger partial charge in [-0.1, -0.05) is 26.2 Å². The van der Waals surface area contributed by atoms with E-state index in [0.717, 1.165) is 25.2 Å². The van der Waals surface area contributed by atoms with Gasteiger partial charge in [-0.3, -0.25) is 9.48 Å². The highest BCUT2D eigenvalue weighted by molar-refractivity contribution is 5.86. The molecule has 2 aliphatic rings. The van der Waals surface area contributed by atoms with Crippen molar-refractivity contribution in [3.8, 4) is 0 Å². The number of nitrogens with zero attached hydrogens (tertiary/aromatic N) is 2. The molecule has 1 unspecified atom stereocenters. The first-order valence-corrected chi connectivity index (χ1v) is 7.95. The van der Waals surface area contributed by atoms with E-state index in [4.69, 9.17) is 0 Å². The Bertz CT molecular complexity index is 468. The van der Waals surface area contributed by atoms with Crippen molar-refractivity contribution < 1.29 is 4.79 Å². The molecule has 4 nitrogen and oxygen atoms in total. The topological polar surface area (TPSA) is 46.9 Å². The summed E-state index contributed by atoms with van der Waals surface area (Å²) in [4.78, 5) is 12.4. The number of Topliss-reactive ketones (excluding diaryl/α,β-unsaturated/α-hetero) is 1. The Morgan fingerprint density at radius 2 is 2.25 bits per heavy atom. The van der Waals surface area contributed by atoms with E-state index in [1.807, 2.05) is 6.07 Å². The van der Waals surface area contributed by atoms with E-state index in [-0.39, 0.29) is 5.41 Å². The van der Waals surface area contributed by atoms with Gasteiger partial charge in [0.2, 0.25) is 0 Å². The zero-order valence-electron chi connectivity index (χ0n) is 12.4. The van der Waals surface area contributed by atoms with E-state index in [1.165, 1.54) is 32.1 Å². The van der Waals surface area contributed by atoms with E-state index < -0.39 is 0 Å². The second kappa shape index (κ2) is 5.68. The SMILES string of the molecule is CC1(C(=O)Cc2ccn(C3CCCCC3)n2)CCNC1. The van der Waals surface area contributed by atoms with Crippen LogP contribution in [-0.2, 0) is 11.2 Å². The number of ketones is 1. The van der Waals surface area contributed by atoms with Crippen LogP contribution in [0.2, 0.25) is 0 Å². The van der Waals surface area contributed by atoms with Crippen LogP contribution in [0.5, 0.6) is 0 Å². The molecule has 110 valence electrons. The molecule has 1 aromatic rings. The lowest BCUT2D eigenvalue weighted by Crippen LogP contribution is -2.31. The number of carbonyl (C=O) groups excluding carboxylic acids is 1. The van der Waals surface area contributed by atoms with Crippen LogP contribution in [0, 0.1) is 5.41 Å². The number of hydrogen-bond donors (Lipinski definition) is 1. The maximum atomic E-state index is 12.4. The predicted molar refractivity (Wildman–Crippen MR) is 78.7 cm³/mol. The lowest BCUT2D eigenvalue weighted by molar-refractivity contribution is -0.126. The van der Waals surface area contributed by atoms with Crippen molar-refractivity contribution in [3.63, 3.8) is 0 Å². The van der Waals surface area contributed by atoms with Crippen molar-refractivity contribution in [2.45, 2.75) is 57.9 Å². The van der Waals surface area contributed by atoms with Gasteiger partial charge in [-0.25, -0.2) is 0 Å². The summed E-state index contributed by atoms with van der Waals surface area (Å²) < 4.78 is 2.09. The fourth-order valence-corrected chi connectivity index (χ4v) is 3.45. The molecule has 1 aliphatic carbocycles. The summed E-state index contributed by atoms with van der Waals surface area (Å²) >= 11 is 0. The van der Waals surface area contributed by atoms with Crippen LogP contribution in [0.3, 0.4) is 0 Å². The maximum absolute atomic E-state index is 12.4. The van der Waals surface area contributed by atoms with Crippen LogP contribution < -0.4 is 5.32 Å². The highest BCUT2D eigenvalue weighted by Crippen LogP contribution is 2.29. The Balaban J connectivity index is 1.63.